The van der Waals surface area contributed by atoms with Crippen molar-refractivity contribution in [2.75, 3.05) is 0 Å². The van der Waals surface area contributed by atoms with Gasteiger partial charge in [-0.1, -0.05) is 56.4 Å². The molecule has 0 aliphatic heterocycles. The van der Waals surface area contributed by atoms with Crippen molar-refractivity contribution in [3.8, 4) is 0 Å². The maximum atomic E-state index is 2.37. The predicted molar refractivity (Wildman–Crippen MR) is 64.4 cm³/mol. The minimum atomic E-state index is 0.230. The van der Waals surface area contributed by atoms with Gasteiger partial charge in [-0.15, -0.1) is 0 Å². The van der Waals surface area contributed by atoms with Crippen LogP contribution >= 0.6 is 0 Å². The van der Waals surface area contributed by atoms with E-state index >= 15 is 0 Å². The Morgan fingerprint density at radius 1 is 1.13 bits per heavy atom. The number of hydrogen-bond acceptors (Lipinski definition) is 0. The van der Waals surface area contributed by atoms with Crippen LogP contribution in [0.2, 0.25) is 0 Å². The van der Waals surface area contributed by atoms with Gasteiger partial charge < -0.3 is 0 Å². The first kappa shape index (κ1) is 8.96. The van der Waals surface area contributed by atoms with Crippen molar-refractivity contribution in [2.45, 2.75) is 20.3 Å². The highest BCUT2D eigenvalue weighted by Crippen LogP contribution is 2.54. The summed E-state index contributed by atoms with van der Waals surface area (Å²) in [5.41, 5.74) is 4.61. The van der Waals surface area contributed by atoms with Crippen LogP contribution in [-0.4, -0.2) is 0 Å². The highest BCUT2D eigenvalue weighted by atomic mass is 14.5. The smallest absolute Gasteiger partial charge is 0.0271 e. The molecule has 0 fully saturated rings. The summed E-state index contributed by atoms with van der Waals surface area (Å²) in [5, 5.41) is 0. The molecule has 0 aromatic carbocycles. The summed E-state index contributed by atoms with van der Waals surface area (Å²) >= 11 is 0. The van der Waals surface area contributed by atoms with E-state index in [2.05, 4.69) is 56.4 Å². The lowest BCUT2D eigenvalue weighted by atomic mass is 9.74. The van der Waals surface area contributed by atoms with Gasteiger partial charge in [-0.3, -0.25) is 0 Å². The largest absolute Gasteiger partial charge is 0.0761 e. The van der Waals surface area contributed by atoms with Crippen LogP contribution in [0.25, 0.3) is 0 Å². The summed E-state index contributed by atoms with van der Waals surface area (Å²) in [4.78, 5) is 0. The molecule has 0 amide bonds. The van der Waals surface area contributed by atoms with Crippen molar-refractivity contribution in [3.05, 3.63) is 59.3 Å². The Morgan fingerprint density at radius 2 is 1.87 bits per heavy atom. The highest BCUT2D eigenvalue weighted by Gasteiger charge is 2.43. The van der Waals surface area contributed by atoms with E-state index < -0.39 is 0 Å². The van der Waals surface area contributed by atoms with Crippen LogP contribution in [0.3, 0.4) is 0 Å². The monoisotopic (exact) mass is 196 g/mol. The summed E-state index contributed by atoms with van der Waals surface area (Å²) in [7, 11) is 0. The molecule has 15 heavy (non-hydrogen) atoms. The minimum absolute atomic E-state index is 0.230. The maximum absolute atomic E-state index is 2.37. The van der Waals surface area contributed by atoms with Crippen LogP contribution in [0.1, 0.15) is 20.3 Å². The molecule has 0 aromatic heterocycles. The molecule has 0 saturated heterocycles. The molecule has 3 aliphatic carbocycles. The molecule has 3 rings (SSSR count). The second-order valence-corrected chi connectivity index (χ2v) is 4.76. The van der Waals surface area contributed by atoms with Gasteiger partial charge >= 0.3 is 0 Å². The minimum Gasteiger partial charge on any atom is -0.0761 e. The van der Waals surface area contributed by atoms with Gasteiger partial charge in [0.1, 0.15) is 0 Å². The Hall–Kier alpha value is -1.30. The summed E-state index contributed by atoms with van der Waals surface area (Å²) in [5.74, 6) is 0.583. The Kier molecular flexibility index (Phi) is 1.70. The number of rotatable bonds is 1. The topological polar surface area (TPSA) is 0 Å². The Bertz CT molecular complexity index is 454. The van der Waals surface area contributed by atoms with E-state index in [1.165, 1.54) is 16.7 Å². The predicted octanol–water partition coefficient (Wildman–Crippen LogP) is 3.95. The molecule has 0 radical (unpaired) electrons. The zero-order valence-electron chi connectivity index (χ0n) is 9.33. The van der Waals surface area contributed by atoms with Crippen LogP contribution < -0.4 is 0 Å². The van der Waals surface area contributed by atoms with Crippen LogP contribution in [0, 0.1) is 11.3 Å². The van der Waals surface area contributed by atoms with Crippen molar-refractivity contribution in [1.29, 1.82) is 0 Å². The van der Waals surface area contributed by atoms with Crippen molar-refractivity contribution in [2.24, 2.45) is 11.3 Å². The van der Waals surface area contributed by atoms with Crippen molar-refractivity contribution in [3.63, 3.8) is 0 Å². The molecule has 0 heteroatoms. The van der Waals surface area contributed by atoms with Gasteiger partial charge in [-0.25, -0.2) is 0 Å². The second-order valence-electron chi connectivity index (χ2n) is 4.76. The van der Waals surface area contributed by atoms with Gasteiger partial charge in [0, 0.05) is 11.3 Å². The third-order valence-corrected chi connectivity index (χ3v) is 4.06. The van der Waals surface area contributed by atoms with Gasteiger partial charge in [0.15, 0.2) is 0 Å². The first-order chi connectivity index (χ1) is 7.25. The third kappa shape index (κ3) is 1.02. The Balaban J connectivity index is 2.21. The fraction of sp³-hybridized carbons (Fsp3) is 0.333. The lowest BCUT2D eigenvalue weighted by Crippen LogP contribution is -2.20. The van der Waals surface area contributed by atoms with E-state index in [1.54, 1.807) is 0 Å². The van der Waals surface area contributed by atoms with Gasteiger partial charge in [0.25, 0.3) is 0 Å². The summed E-state index contributed by atoms with van der Waals surface area (Å²) < 4.78 is 0. The molecule has 0 bridgehead atoms. The van der Waals surface area contributed by atoms with Crippen LogP contribution in [0.4, 0.5) is 0 Å². The van der Waals surface area contributed by atoms with Crippen molar-refractivity contribution >= 4 is 0 Å². The molecule has 0 aromatic rings. The molecule has 0 heterocycles. The first-order valence-electron chi connectivity index (χ1n) is 5.75. The summed E-state index contributed by atoms with van der Waals surface area (Å²) in [6, 6.07) is 0. The zero-order chi connectivity index (χ0) is 10.5. The third-order valence-electron chi connectivity index (χ3n) is 4.06. The molecular weight excluding hydrogens is 180 g/mol. The average molecular weight is 196 g/mol. The van der Waals surface area contributed by atoms with Gasteiger partial charge in [0.2, 0.25) is 0 Å². The van der Waals surface area contributed by atoms with Crippen molar-refractivity contribution in [1.82, 2.24) is 0 Å². The number of hydrogen-bond donors (Lipinski definition) is 0. The quantitative estimate of drug-likeness (QED) is 0.595. The fourth-order valence-electron chi connectivity index (χ4n) is 2.85. The second kappa shape index (κ2) is 2.85. The lowest BCUT2D eigenvalue weighted by molar-refractivity contribution is 0.463. The molecular formula is C15H16. The van der Waals surface area contributed by atoms with Crippen LogP contribution in [0.15, 0.2) is 59.3 Å². The van der Waals surface area contributed by atoms with E-state index in [1.807, 2.05) is 0 Å². The van der Waals surface area contributed by atoms with E-state index in [0.29, 0.717) is 5.92 Å². The normalized spacial score (nSPS) is 35.9. The highest BCUT2D eigenvalue weighted by molar-refractivity contribution is 5.57. The van der Waals surface area contributed by atoms with Gasteiger partial charge in [0.05, 0.1) is 0 Å². The molecule has 76 valence electrons. The maximum Gasteiger partial charge on any atom is 0.0271 e. The number of allylic oxidation sites excluding steroid dienone is 10. The Labute approximate surface area is 91.4 Å². The average Bonchev–Trinajstić information content (AvgIpc) is 2.66. The molecule has 0 saturated carbocycles. The summed E-state index contributed by atoms with van der Waals surface area (Å²) in [6.45, 7) is 4.58. The van der Waals surface area contributed by atoms with Crippen molar-refractivity contribution < 1.29 is 0 Å². The molecule has 3 aliphatic rings. The lowest BCUT2D eigenvalue weighted by Gasteiger charge is -2.28. The Morgan fingerprint density at radius 3 is 2.60 bits per heavy atom. The van der Waals surface area contributed by atoms with E-state index in [4.69, 9.17) is 0 Å². The molecule has 0 nitrogen and oxygen atoms in total. The SMILES string of the molecule is CCC1=CC=C2C=CC3C=CC(=C1)C23C. The van der Waals surface area contributed by atoms with E-state index in [-0.39, 0.29) is 5.41 Å². The zero-order valence-corrected chi connectivity index (χ0v) is 9.33. The van der Waals surface area contributed by atoms with E-state index in [0.717, 1.165) is 6.42 Å². The van der Waals surface area contributed by atoms with Crippen LogP contribution in [0.5, 0.6) is 0 Å². The summed E-state index contributed by atoms with van der Waals surface area (Å²) in [6.07, 6.45) is 17.3. The molecule has 0 spiro atoms. The molecule has 0 N–H and O–H groups in total. The first-order valence-corrected chi connectivity index (χ1v) is 5.75. The van der Waals surface area contributed by atoms with Gasteiger partial charge in [-0.05, 0) is 23.1 Å². The fourth-order valence-corrected chi connectivity index (χ4v) is 2.85. The standard InChI is InChI=1S/C15H16/c1-3-11-4-5-12-6-7-13-8-9-14(10-11)15(12,13)2/h4-10,13H,3H2,1-2H3. The molecule has 2 unspecified atom stereocenters. The van der Waals surface area contributed by atoms with E-state index in [9.17, 15) is 0 Å². The molecule has 2 atom stereocenters. The van der Waals surface area contributed by atoms with Gasteiger partial charge in [-0.2, -0.15) is 0 Å². The van der Waals surface area contributed by atoms with Crippen LogP contribution in [-0.2, 0) is 0 Å².